The molecule has 0 spiro atoms. The van der Waals surface area contributed by atoms with Gasteiger partial charge in [0.15, 0.2) is 0 Å². The number of rotatable bonds is 4. The minimum atomic E-state index is 0.858. The van der Waals surface area contributed by atoms with Crippen LogP contribution in [0, 0.1) is 11.8 Å². The van der Waals surface area contributed by atoms with Gasteiger partial charge in [-0.15, -0.1) is 0 Å². The smallest absolute Gasteiger partial charge is 0.00699 e. The topological polar surface area (TPSA) is 12.0 Å². The molecule has 0 aromatic rings. The molecular formula is C14H27N. The van der Waals surface area contributed by atoms with Crippen LogP contribution in [0.15, 0.2) is 0 Å². The van der Waals surface area contributed by atoms with E-state index in [9.17, 15) is 0 Å². The fourth-order valence-electron chi connectivity index (χ4n) is 3.36. The number of hydrogen-bond donors (Lipinski definition) is 1. The first-order valence-corrected chi connectivity index (χ1v) is 7.12. The molecule has 1 nitrogen and oxygen atoms in total. The zero-order chi connectivity index (χ0) is 10.5. The Morgan fingerprint density at radius 2 is 1.73 bits per heavy atom. The Morgan fingerprint density at radius 1 is 0.933 bits per heavy atom. The van der Waals surface area contributed by atoms with Crippen LogP contribution in [0.4, 0.5) is 0 Å². The predicted octanol–water partition coefficient (Wildman–Crippen LogP) is 3.74. The van der Waals surface area contributed by atoms with Crippen molar-refractivity contribution >= 4 is 0 Å². The van der Waals surface area contributed by atoms with Gasteiger partial charge in [-0.3, -0.25) is 0 Å². The summed E-state index contributed by atoms with van der Waals surface area (Å²) in [5, 5.41) is 3.82. The first-order chi connectivity index (χ1) is 7.38. The Hall–Kier alpha value is -0.0400. The van der Waals surface area contributed by atoms with E-state index in [-0.39, 0.29) is 0 Å². The first-order valence-electron chi connectivity index (χ1n) is 7.12. The van der Waals surface area contributed by atoms with Gasteiger partial charge >= 0.3 is 0 Å². The molecule has 0 aromatic heterocycles. The molecular weight excluding hydrogens is 182 g/mol. The molecule has 2 aliphatic carbocycles. The third-order valence-electron chi connectivity index (χ3n) is 4.54. The van der Waals surface area contributed by atoms with E-state index in [0.717, 1.165) is 17.9 Å². The van der Waals surface area contributed by atoms with E-state index in [4.69, 9.17) is 0 Å². The van der Waals surface area contributed by atoms with Gasteiger partial charge in [-0.1, -0.05) is 32.6 Å². The van der Waals surface area contributed by atoms with Crippen LogP contribution < -0.4 is 5.32 Å². The third-order valence-corrected chi connectivity index (χ3v) is 4.54. The lowest BCUT2D eigenvalue weighted by Gasteiger charge is -2.24. The molecule has 0 aliphatic heterocycles. The maximum absolute atomic E-state index is 3.82. The van der Waals surface area contributed by atoms with Gasteiger partial charge in [0.1, 0.15) is 0 Å². The van der Waals surface area contributed by atoms with Crippen LogP contribution in [0.5, 0.6) is 0 Å². The Labute approximate surface area is 95.0 Å². The lowest BCUT2D eigenvalue weighted by molar-refractivity contribution is 0.325. The van der Waals surface area contributed by atoms with Crippen LogP contribution in [0.2, 0.25) is 0 Å². The molecule has 88 valence electrons. The molecule has 0 aromatic carbocycles. The van der Waals surface area contributed by atoms with Crippen molar-refractivity contribution in [3.8, 4) is 0 Å². The summed E-state index contributed by atoms with van der Waals surface area (Å²) < 4.78 is 0. The largest absolute Gasteiger partial charge is 0.314 e. The van der Waals surface area contributed by atoms with E-state index in [1.54, 1.807) is 0 Å². The van der Waals surface area contributed by atoms with Gasteiger partial charge in [0.25, 0.3) is 0 Å². The normalized spacial score (nSPS) is 33.4. The quantitative estimate of drug-likeness (QED) is 0.744. The second-order valence-corrected chi connectivity index (χ2v) is 5.70. The van der Waals surface area contributed by atoms with Crippen molar-refractivity contribution in [2.45, 2.75) is 70.8 Å². The fraction of sp³-hybridized carbons (Fsp3) is 1.00. The summed E-state index contributed by atoms with van der Waals surface area (Å²) >= 11 is 0. The van der Waals surface area contributed by atoms with Crippen molar-refractivity contribution < 1.29 is 0 Å². The van der Waals surface area contributed by atoms with Crippen LogP contribution in [-0.4, -0.2) is 12.6 Å². The standard InChI is InChI=1S/C14H27N/c1-2-12-8-9-14(10-12)15-11-13-6-4-3-5-7-13/h12-15H,2-11H2,1H3. The number of nitrogens with one attached hydrogen (secondary N) is 1. The minimum absolute atomic E-state index is 0.858. The summed E-state index contributed by atoms with van der Waals surface area (Å²) in [5.41, 5.74) is 0. The van der Waals surface area contributed by atoms with Crippen molar-refractivity contribution in [2.75, 3.05) is 6.54 Å². The molecule has 2 fully saturated rings. The molecule has 2 aliphatic rings. The van der Waals surface area contributed by atoms with E-state index in [1.165, 1.54) is 64.3 Å². The van der Waals surface area contributed by atoms with Gasteiger partial charge in [-0.2, -0.15) is 0 Å². The average molecular weight is 209 g/mol. The van der Waals surface area contributed by atoms with E-state index < -0.39 is 0 Å². The summed E-state index contributed by atoms with van der Waals surface area (Å²) in [7, 11) is 0. The summed E-state index contributed by atoms with van der Waals surface area (Å²) in [4.78, 5) is 0. The lowest BCUT2D eigenvalue weighted by atomic mass is 9.89. The van der Waals surface area contributed by atoms with Crippen LogP contribution in [0.25, 0.3) is 0 Å². The Kier molecular flexibility index (Phi) is 4.49. The molecule has 2 saturated carbocycles. The highest BCUT2D eigenvalue weighted by atomic mass is 14.9. The van der Waals surface area contributed by atoms with E-state index in [1.807, 2.05) is 0 Å². The maximum atomic E-state index is 3.82. The van der Waals surface area contributed by atoms with Crippen LogP contribution in [0.1, 0.15) is 64.7 Å². The van der Waals surface area contributed by atoms with E-state index in [2.05, 4.69) is 12.2 Å². The molecule has 2 rings (SSSR count). The minimum Gasteiger partial charge on any atom is -0.314 e. The Balaban J connectivity index is 1.61. The van der Waals surface area contributed by atoms with Gasteiger partial charge in [-0.25, -0.2) is 0 Å². The monoisotopic (exact) mass is 209 g/mol. The maximum Gasteiger partial charge on any atom is 0.00699 e. The molecule has 0 amide bonds. The predicted molar refractivity (Wildman–Crippen MR) is 66.0 cm³/mol. The molecule has 15 heavy (non-hydrogen) atoms. The van der Waals surface area contributed by atoms with Crippen molar-refractivity contribution in [1.29, 1.82) is 0 Å². The highest BCUT2D eigenvalue weighted by molar-refractivity contribution is 4.81. The highest BCUT2D eigenvalue weighted by Crippen LogP contribution is 2.29. The molecule has 0 radical (unpaired) electrons. The van der Waals surface area contributed by atoms with Crippen LogP contribution in [-0.2, 0) is 0 Å². The second kappa shape index (κ2) is 5.89. The highest BCUT2D eigenvalue weighted by Gasteiger charge is 2.23. The van der Waals surface area contributed by atoms with Gasteiger partial charge < -0.3 is 5.32 Å². The fourth-order valence-corrected chi connectivity index (χ4v) is 3.36. The van der Waals surface area contributed by atoms with Crippen molar-refractivity contribution in [3.05, 3.63) is 0 Å². The average Bonchev–Trinajstić information content (AvgIpc) is 2.76. The first kappa shape index (κ1) is 11.4. The zero-order valence-electron chi connectivity index (χ0n) is 10.3. The summed E-state index contributed by atoms with van der Waals surface area (Å²) in [6.07, 6.45) is 13.2. The Bertz CT molecular complexity index is 172. The molecule has 2 unspecified atom stereocenters. The molecule has 1 N–H and O–H groups in total. The lowest BCUT2D eigenvalue weighted by Crippen LogP contribution is -2.32. The molecule has 2 atom stereocenters. The zero-order valence-corrected chi connectivity index (χ0v) is 10.3. The van der Waals surface area contributed by atoms with Gasteiger partial charge in [-0.05, 0) is 50.5 Å². The van der Waals surface area contributed by atoms with Gasteiger partial charge in [0, 0.05) is 6.04 Å². The van der Waals surface area contributed by atoms with Crippen molar-refractivity contribution in [2.24, 2.45) is 11.8 Å². The van der Waals surface area contributed by atoms with E-state index in [0.29, 0.717) is 0 Å². The second-order valence-electron chi connectivity index (χ2n) is 5.70. The summed E-state index contributed by atoms with van der Waals surface area (Å²) in [6, 6.07) is 0.858. The summed E-state index contributed by atoms with van der Waals surface area (Å²) in [5.74, 6) is 2.02. The SMILES string of the molecule is CCC1CCC(NCC2CCCCC2)C1. The van der Waals surface area contributed by atoms with Crippen LogP contribution >= 0.6 is 0 Å². The van der Waals surface area contributed by atoms with Crippen LogP contribution in [0.3, 0.4) is 0 Å². The Morgan fingerprint density at radius 3 is 2.40 bits per heavy atom. The van der Waals surface area contributed by atoms with Crippen molar-refractivity contribution in [1.82, 2.24) is 5.32 Å². The number of hydrogen-bond acceptors (Lipinski definition) is 1. The molecule has 0 saturated heterocycles. The van der Waals surface area contributed by atoms with Gasteiger partial charge in [0.2, 0.25) is 0 Å². The molecule has 1 heteroatoms. The van der Waals surface area contributed by atoms with Gasteiger partial charge in [0.05, 0.1) is 0 Å². The van der Waals surface area contributed by atoms with E-state index >= 15 is 0 Å². The third kappa shape index (κ3) is 3.48. The summed E-state index contributed by atoms with van der Waals surface area (Å²) in [6.45, 7) is 3.65. The van der Waals surface area contributed by atoms with Crippen molar-refractivity contribution in [3.63, 3.8) is 0 Å². The molecule has 0 bridgehead atoms. The molecule has 0 heterocycles.